The minimum absolute atomic E-state index is 0.246. The molecule has 4 rings (SSSR count). The fraction of sp³-hybridized carbons (Fsp3) is 0.348. The van der Waals surface area contributed by atoms with Gasteiger partial charge in [0.2, 0.25) is 10.0 Å². The zero-order chi connectivity index (χ0) is 21.0. The lowest BCUT2D eigenvalue weighted by Crippen LogP contribution is -2.26. The van der Waals surface area contributed by atoms with Gasteiger partial charge in [0.1, 0.15) is 16.3 Å². The van der Waals surface area contributed by atoms with Crippen molar-refractivity contribution in [2.45, 2.75) is 43.0 Å². The average Bonchev–Trinajstić information content (AvgIpc) is 3.45. The van der Waals surface area contributed by atoms with E-state index in [1.165, 1.54) is 0 Å². The van der Waals surface area contributed by atoms with Crippen molar-refractivity contribution < 1.29 is 13.2 Å². The second-order valence-corrected chi connectivity index (χ2v) is 9.36. The molecule has 0 bridgehead atoms. The van der Waals surface area contributed by atoms with Gasteiger partial charge in [0.05, 0.1) is 13.2 Å². The third kappa shape index (κ3) is 4.57. The molecule has 0 aliphatic heterocycles. The van der Waals surface area contributed by atoms with Gasteiger partial charge in [-0.1, -0.05) is 55.3 Å². The van der Waals surface area contributed by atoms with E-state index in [1.807, 2.05) is 59.3 Å². The van der Waals surface area contributed by atoms with Crippen LogP contribution in [0.5, 0.6) is 5.75 Å². The summed E-state index contributed by atoms with van der Waals surface area (Å²) in [6.07, 6.45) is 6.70. The molecular weight excluding hydrogens is 398 g/mol. The summed E-state index contributed by atoms with van der Waals surface area (Å²) >= 11 is 0. The van der Waals surface area contributed by atoms with Crippen LogP contribution in [-0.2, 0) is 16.4 Å². The molecule has 1 saturated carbocycles. The Kier molecular flexibility index (Phi) is 6.20. The fourth-order valence-electron chi connectivity index (χ4n) is 3.92. The van der Waals surface area contributed by atoms with Crippen molar-refractivity contribution in [2.24, 2.45) is 0 Å². The Morgan fingerprint density at radius 2 is 1.77 bits per heavy atom. The summed E-state index contributed by atoms with van der Waals surface area (Å²) in [5.74, 6) is 0.783. The Morgan fingerprint density at radius 3 is 2.43 bits per heavy atom. The van der Waals surface area contributed by atoms with Gasteiger partial charge in [-0.2, -0.15) is 5.10 Å². The molecule has 2 aromatic carbocycles. The number of benzene rings is 2. The van der Waals surface area contributed by atoms with E-state index in [-0.39, 0.29) is 10.9 Å². The molecule has 158 valence electrons. The first kappa shape index (κ1) is 20.6. The van der Waals surface area contributed by atoms with Crippen LogP contribution < -0.4 is 9.46 Å². The van der Waals surface area contributed by atoms with Crippen molar-refractivity contribution in [3.63, 3.8) is 0 Å². The zero-order valence-corrected chi connectivity index (χ0v) is 17.9. The van der Waals surface area contributed by atoms with E-state index in [2.05, 4.69) is 4.72 Å². The van der Waals surface area contributed by atoms with Gasteiger partial charge in [0, 0.05) is 18.3 Å². The monoisotopic (exact) mass is 425 g/mol. The predicted molar refractivity (Wildman–Crippen MR) is 117 cm³/mol. The number of methoxy groups -OCH3 is 1. The van der Waals surface area contributed by atoms with Crippen LogP contribution in [0, 0.1) is 0 Å². The highest BCUT2D eigenvalue weighted by Gasteiger charge is 2.26. The molecule has 0 unspecified atom stereocenters. The molecule has 1 aromatic heterocycles. The van der Waals surface area contributed by atoms with Gasteiger partial charge in [0.25, 0.3) is 0 Å². The summed E-state index contributed by atoms with van der Waals surface area (Å²) in [5, 5.41) is 4.70. The van der Waals surface area contributed by atoms with E-state index in [4.69, 9.17) is 9.84 Å². The minimum atomic E-state index is -3.69. The molecule has 0 spiro atoms. The van der Waals surface area contributed by atoms with Crippen molar-refractivity contribution in [2.75, 3.05) is 13.7 Å². The lowest BCUT2D eigenvalue weighted by Gasteiger charge is -2.08. The number of rotatable bonds is 8. The quantitative estimate of drug-likeness (QED) is 0.587. The molecule has 1 aliphatic carbocycles. The summed E-state index contributed by atoms with van der Waals surface area (Å²) in [6.45, 7) is 0.317. The van der Waals surface area contributed by atoms with E-state index in [1.54, 1.807) is 13.3 Å². The molecule has 1 fully saturated rings. The zero-order valence-electron chi connectivity index (χ0n) is 17.1. The van der Waals surface area contributed by atoms with Gasteiger partial charge in [-0.3, -0.25) is 4.68 Å². The molecule has 0 saturated heterocycles. The SMILES string of the molecule is COc1ccc(CCNS(=O)(=O)c2cn(C3CCCC3)nc2-c2ccccc2)cc1. The van der Waals surface area contributed by atoms with Crippen LogP contribution in [0.2, 0.25) is 0 Å². The average molecular weight is 426 g/mol. The van der Waals surface area contributed by atoms with Crippen LogP contribution in [0.3, 0.4) is 0 Å². The maximum atomic E-state index is 13.2. The van der Waals surface area contributed by atoms with Gasteiger partial charge in [-0.25, -0.2) is 13.1 Å². The van der Waals surface area contributed by atoms with E-state index in [0.717, 1.165) is 42.6 Å². The van der Waals surface area contributed by atoms with E-state index in [9.17, 15) is 8.42 Å². The summed E-state index contributed by atoms with van der Waals surface area (Å²) < 4.78 is 36.1. The lowest BCUT2D eigenvalue weighted by molar-refractivity contribution is 0.414. The van der Waals surface area contributed by atoms with Gasteiger partial charge >= 0.3 is 0 Å². The summed E-state index contributed by atoms with van der Waals surface area (Å²) in [4.78, 5) is 0.246. The third-order valence-corrected chi connectivity index (χ3v) is 7.06. The molecule has 0 amide bonds. The van der Waals surface area contributed by atoms with Gasteiger partial charge in [-0.15, -0.1) is 0 Å². The first-order valence-electron chi connectivity index (χ1n) is 10.3. The fourth-order valence-corrected chi connectivity index (χ4v) is 5.11. The summed E-state index contributed by atoms with van der Waals surface area (Å²) in [5.41, 5.74) is 2.37. The molecule has 30 heavy (non-hydrogen) atoms. The van der Waals surface area contributed by atoms with Crippen LogP contribution in [-0.4, -0.2) is 31.9 Å². The standard InChI is InChI=1S/C23H27N3O3S/c1-29-21-13-11-18(12-14-21)15-16-24-30(27,28)22-17-26(20-9-5-6-10-20)25-23(22)19-7-3-2-4-8-19/h2-4,7-8,11-14,17,20,24H,5-6,9-10,15-16H2,1H3. The smallest absolute Gasteiger partial charge is 0.244 e. The highest BCUT2D eigenvalue weighted by Crippen LogP contribution is 2.33. The first-order chi connectivity index (χ1) is 14.6. The van der Waals surface area contributed by atoms with E-state index >= 15 is 0 Å². The normalized spacial score (nSPS) is 14.8. The third-order valence-electron chi connectivity index (χ3n) is 5.60. The number of nitrogens with one attached hydrogen (secondary N) is 1. The van der Waals surface area contributed by atoms with Crippen molar-refractivity contribution in [3.8, 4) is 17.0 Å². The Morgan fingerprint density at radius 1 is 1.07 bits per heavy atom. The molecular formula is C23H27N3O3S. The van der Waals surface area contributed by atoms with Crippen LogP contribution in [0.1, 0.15) is 37.3 Å². The van der Waals surface area contributed by atoms with Crippen molar-refractivity contribution in [1.29, 1.82) is 0 Å². The maximum Gasteiger partial charge on any atom is 0.244 e. The number of hydrogen-bond acceptors (Lipinski definition) is 4. The predicted octanol–water partition coefficient (Wildman–Crippen LogP) is 4.19. The molecule has 0 atom stereocenters. The van der Waals surface area contributed by atoms with Gasteiger partial charge < -0.3 is 4.74 Å². The highest BCUT2D eigenvalue weighted by molar-refractivity contribution is 7.89. The Bertz CT molecular complexity index is 1070. The van der Waals surface area contributed by atoms with Crippen LogP contribution in [0.15, 0.2) is 65.7 Å². The Labute approximate surface area is 177 Å². The maximum absolute atomic E-state index is 13.2. The molecule has 1 heterocycles. The largest absolute Gasteiger partial charge is 0.497 e. The van der Waals surface area contributed by atoms with Crippen LogP contribution >= 0.6 is 0 Å². The van der Waals surface area contributed by atoms with Crippen molar-refractivity contribution >= 4 is 10.0 Å². The highest BCUT2D eigenvalue weighted by atomic mass is 32.2. The topological polar surface area (TPSA) is 73.2 Å². The Balaban J connectivity index is 1.55. The lowest BCUT2D eigenvalue weighted by atomic mass is 10.1. The summed E-state index contributed by atoms with van der Waals surface area (Å²) in [6, 6.07) is 17.4. The Hall–Kier alpha value is -2.64. The number of sulfonamides is 1. The second-order valence-electron chi connectivity index (χ2n) is 7.62. The first-order valence-corrected chi connectivity index (χ1v) is 11.8. The summed E-state index contributed by atoms with van der Waals surface area (Å²) in [7, 11) is -2.06. The molecule has 1 aliphatic rings. The second kappa shape index (κ2) is 9.02. The molecule has 1 N–H and O–H groups in total. The van der Waals surface area contributed by atoms with Crippen LogP contribution in [0.25, 0.3) is 11.3 Å². The molecule has 6 nitrogen and oxygen atoms in total. The number of ether oxygens (including phenoxy) is 1. The van der Waals surface area contributed by atoms with Crippen LogP contribution in [0.4, 0.5) is 0 Å². The van der Waals surface area contributed by atoms with Gasteiger partial charge in [-0.05, 0) is 37.0 Å². The van der Waals surface area contributed by atoms with Gasteiger partial charge in [0.15, 0.2) is 0 Å². The number of hydrogen-bond donors (Lipinski definition) is 1. The van der Waals surface area contributed by atoms with E-state index < -0.39 is 10.0 Å². The molecule has 3 aromatic rings. The number of nitrogens with zero attached hydrogens (tertiary/aromatic N) is 2. The molecule has 0 radical (unpaired) electrons. The minimum Gasteiger partial charge on any atom is -0.497 e. The van der Waals surface area contributed by atoms with Crippen molar-refractivity contribution in [3.05, 3.63) is 66.4 Å². The number of aromatic nitrogens is 2. The van der Waals surface area contributed by atoms with E-state index in [0.29, 0.717) is 18.7 Å². The van der Waals surface area contributed by atoms with Crippen molar-refractivity contribution in [1.82, 2.24) is 14.5 Å². The molecule has 7 heteroatoms.